The highest BCUT2D eigenvalue weighted by molar-refractivity contribution is 7.97. The van der Waals surface area contributed by atoms with Gasteiger partial charge in [-0.25, -0.2) is 16.8 Å². The molecule has 162 valence electrons. The predicted molar refractivity (Wildman–Crippen MR) is 123 cm³/mol. The van der Waals surface area contributed by atoms with Crippen molar-refractivity contribution < 1.29 is 26.4 Å². The summed E-state index contributed by atoms with van der Waals surface area (Å²) in [6.07, 6.45) is 0.818. The summed E-state index contributed by atoms with van der Waals surface area (Å²) in [7, 11) is -8.57. The fraction of sp³-hybridized carbons (Fsp3) is 0.0400. The maximum absolute atomic E-state index is 13.4. The van der Waals surface area contributed by atoms with E-state index in [0.717, 1.165) is 6.08 Å². The number of ketones is 2. The molecule has 0 spiro atoms. The number of Topliss-reactive ketones (excluding diaryl/α,β-unsaturated/α-hetero) is 2. The van der Waals surface area contributed by atoms with Crippen molar-refractivity contribution in [1.29, 1.82) is 0 Å². The quantitative estimate of drug-likeness (QED) is 0.388. The molecule has 0 aromatic heterocycles. The molecular formula is C25H14O6S2. The van der Waals surface area contributed by atoms with Gasteiger partial charge in [0.1, 0.15) is 10.2 Å². The fourth-order valence-corrected chi connectivity index (χ4v) is 8.56. The standard InChI is InChI=1S/C25H14O6S2/c26-22-18-11-9-14-5-1-3-7-16(14)24(18)32(28,29)20(22)13-21-23(27)19-12-10-15-6-2-4-8-17(15)25(19)33(21,30)31/h1-13,20H. The van der Waals surface area contributed by atoms with Crippen LogP contribution in [0.15, 0.2) is 93.6 Å². The van der Waals surface area contributed by atoms with Crippen molar-refractivity contribution in [2.75, 3.05) is 0 Å². The highest BCUT2D eigenvalue weighted by Gasteiger charge is 2.48. The summed E-state index contributed by atoms with van der Waals surface area (Å²) in [6.45, 7) is 0. The van der Waals surface area contributed by atoms with Gasteiger partial charge in [0.25, 0.3) is 0 Å². The zero-order valence-corrected chi connectivity index (χ0v) is 18.5. The molecular weight excluding hydrogens is 460 g/mol. The third kappa shape index (κ3) is 2.53. The molecule has 0 bridgehead atoms. The number of fused-ring (bicyclic) bond motifs is 6. The topological polar surface area (TPSA) is 102 Å². The van der Waals surface area contributed by atoms with Gasteiger partial charge in [-0.3, -0.25) is 9.59 Å². The van der Waals surface area contributed by atoms with Crippen LogP contribution in [0.5, 0.6) is 0 Å². The summed E-state index contributed by atoms with van der Waals surface area (Å²) in [5.74, 6) is -1.55. The van der Waals surface area contributed by atoms with Crippen molar-refractivity contribution in [3.63, 3.8) is 0 Å². The molecule has 0 fully saturated rings. The van der Waals surface area contributed by atoms with Crippen molar-refractivity contribution in [3.8, 4) is 0 Å². The van der Waals surface area contributed by atoms with Crippen LogP contribution < -0.4 is 0 Å². The Hall–Kier alpha value is -3.62. The van der Waals surface area contributed by atoms with Crippen LogP contribution in [0.2, 0.25) is 0 Å². The van der Waals surface area contributed by atoms with Crippen LogP contribution in [0.3, 0.4) is 0 Å². The molecule has 2 aliphatic heterocycles. The van der Waals surface area contributed by atoms with E-state index in [9.17, 15) is 26.4 Å². The van der Waals surface area contributed by atoms with Crippen molar-refractivity contribution >= 4 is 52.8 Å². The minimum absolute atomic E-state index is 0.00126. The van der Waals surface area contributed by atoms with E-state index >= 15 is 0 Å². The molecule has 0 amide bonds. The van der Waals surface area contributed by atoms with Crippen LogP contribution >= 0.6 is 0 Å². The first-order chi connectivity index (χ1) is 15.7. The van der Waals surface area contributed by atoms with Gasteiger partial charge in [0.2, 0.25) is 15.6 Å². The predicted octanol–water partition coefficient (Wildman–Crippen LogP) is 3.89. The Labute approximate surface area is 189 Å². The van der Waals surface area contributed by atoms with E-state index in [1.54, 1.807) is 60.7 Å². The monoisotopic (exact) mass is 474 g/mol. The number of allylic oxidation sites excluding steroid dienone is 1. The van der Waals surface area contributed by atoms with Crippen LogP contribution in [0.25, 0.3) is 21.5 Å². The Morgan fingerprint density at radius 3 is 1.82 bits per heavy atom. The molecule has 2 aliphatic rings. The number of carbonyl (C=O) groups is 2. The van der Waals surface area contributed by atoms with Crippen molar-refractivity contribution in [3.05, 3.63) is 94.9 Å². The van der Waals surface area contributed by atoms with Crippen LogP contribution in [0.4, 0.5) is 0 Å². The minimum Gasteiger partial charge on any atom is -0.292 e. The first kappa shape index (κ1) is 20.0. The van der Waals surface area contributed by atoms with Gasteiger partial charge in [-0.05, 0) is 29.0 Å². The van der Waals surface area contributed by atoms with E-state index in [1.165, 1.54) is 12.1 Å². The summed E-state index contributed by atoms with van der Waals surface area (Å²) in [5, 5.41) is 0.259. The lowest BCUT2D eigenvalue weighted by atomic mass is 10.0. The number of hydrogen-bond acceptors (Lipinski definition) is 6. The maximum Gasteiger partial charge on any atom is 0.211 e. The second-order valence-electron chi connectivity index (χ2n) is 8.02. The first-order valence-corrected chi connectivity index (χ1v) is 13.1. The van der Waals surface area contributed by atoms with Crippen molar-refractivity contribution in [2.24, 2.45) is 0 Å². The number of sulfone groups is 2. The van der Waals surface area contributed by atoms with Gasteiger partial charge < -0.3 is 0 Å². The highest BCUT2D eigenvalue weighted by atomic mass is 32.2. The highest BCUT2D eigenvalue weighted by Crippen LogP contribution is 2.42. The van der Waals surface area contributed by atoms with Crippen LogP contribution in [-0.4, -0.2) is 33.7 Å². The normalized spacial score (nSPS) is 21.6. The molecule has 33 heavy (non-hydrogen) atoms. The molecule has 1 unspecified atom stereocenters. The number of hydrogen-bond donors (Lipinski definition) is 0. The zero-order chi connectivity index (χ0) is 23.1. The van der Waals surface area contributed by atoms with Crippen molar-refractivity contribution in [2.45, 2.75) is 15.0 Å². The number of rotatable bonds is 1. The third-order valence-corrected chi connectivity index (χ3v) is 10.1. The lowest BCUT2D eigenvalue weighted by Crippen LogP contribution is -2.22. The van der Waals surface area contributed by atoms with Gasteiger partial charge >= 0.3 is 0 Å². The summed E-state index contributed by atoms with van der Waals surface area (Å²) >= 11 is 0. The van der Waals surface area contributed by atoms with E-state index in [4.69, 9.17) is 0 Å². The van der Waals surface area contributed by atoms with Gasteiger partial charge in [-0.1, -0.05) is 60.7 Å². The van der Waals surface area contributed by atoms with Crippen molar-refractivity contribution in [1.82, 2.24) is 0 Å². The van der Waals surface area contributed by atoms with E-state index in [1.807, 2.05) is 0 Å². The molecule has 6 nitrogen and oxygen atoms in total. The van der Waals surface area contributed by atoms with E-state index < -0.39 is 41.4 Å². The van der Waals surface area contributed by atoms with Gasteiger partial charge in [0.15, 0.2) is 15.6 Å². The van der Waals surface area contributed by atoms with Crippen LogP contribution in [-0.2, 0) is 19.7 Å². The van der Waals surface area contributed by atoms with E-state index in [2.05, 4.69) is 0 Å². The Balaban J connectivity index is 1.58. The molecule has 1 atom stereocenters. The zero-order valence-electron chi connectivity index (χ0n) is 16.8. The molecule has 4 aromatic carbocycles. The van der Waals surface area contributed by atoms with Gasteiger partial charge in [-0.2, -0.15) is 0 Å². The second kappa shape index (κ2) is 6.46. The molecule has 0 aliphatic carbocycles. The molecule has 0 saturated carbocycles. The van der Waals surface area contributed by atoms with Crippen LogP contribution in [0, 0.1) is 0 Å². The Bertz CT molecular complexity index is 1830. The van der Waals surface area contributed by atoms with Gasteiger partial charge in [0.05, 0.1) is 9.79 Å². The fourth-order valence-electron chi connectivity index (χ4n) is 4.71. The first-order valence-electron chi connectivity index (χ1n) is 10.1. The second-order valence-corrected chi connectivity index (χ2v) is 11.9. The Kier molecular flexibility index (Phi) is 3.92. The summed E-state index contributed by atoms with van der Waals surface area (Å²) < 4.78 is 53.7. The van der Waals surface area contributed by atoms with Gasteiger partial charge in [-0.15, -0.1) is 0 Å². The molecule has 2 heterocycles. The average molecular weight is 475 g/mol. The Morgan fingerprint density at radius 2 is 1.18 bits per heavy atom. The molecule has 0 saturated heterocycles. The third-order valence-electron chi connectivity index (χ3n) is 6.23. The molecule has 0 N–H and O–H groups in total. The summed E-state index contributed by atoms with van der Waals surface area (Å²) in [5.41, 5.74) is -0.0212. The SMILES string of the molecule is O=C1C(=CC2C(=O)c3ccc4ccccc4c3S2(=O)=O)S(=O)(=O)c2c1ccc1ccccc21. The summed E-state index contributed by atoms with van der Waals surface area (Å²) in [4.78, 5) is 25.3. The Morgan fingerprint density at radius 1 is 0.636 bits per heavy atom. The maximum atomic E-state index is 13.4. The number of benzene rings is 4. The average Bonchev–Trinajstić information content (AvgIpc) is 3.13. The van der Waals surface area contributed by atoms with Crippen LogP contribution in [0.1, 0.15) is 20.7 Å². The summed E-state index contributed by atoms with van der Waals surface area (Å²) in [6, 6.07) is 19.6. The lowest BCUT2D eigenvalue weighted by molar-refractivity contribution is 0.100. The van der Waals surface area contributed by atoms with Gasteiger partial charge in [0, 0.05) is 21.9 Å². The largest absolute Gasteiger partial charge is 0.292 e. The molecule has 6 rings (SSSR count). The smallest absolute Gasteiger partial charge is 0.211 e. The van der Waals surface area contributed by atoms with E-state index in [0.29, 0.717) is 21.5 Å². The molecule has 0 radical (unpaired) electrons. The minimum atomic E-state index is -4.32. The molecule has 8 heteroatoms. The lowest BCUT2D eigenvalue weighted by Gasteiger charge is -2.06. The van der Waals surface area contributed by atoms with E-state index in [-0.39, 0.29) is 20.9 Å². The molecule has 4 aromatic rings. The number of carbonyl (C=O) groups excluding carboxylic acids is 2.